The van der Waals surface area contributed by atoms with Gasteiger partial charge in [0.1, 0.15) is 30.3 Å². The Bertz CT molecular complexity index is 2850. The predicted octanol–water partition coefficient (Wildman–Crippen LogP) is 14.1. The summed E-state index contributed by atoms with van der Waals surface area (Å²) in [5.74, 6) is 1.78. The van der Waals surface area contributed by atoms with Gasteiger partial charge >= 0.3 is 12.4 Å². The standard InChI is InChI=1S/C57H56F6N2O4/c1-52(2)31-53(3,4)33-54(32-52)47-10-8-7-9-42(47)49-45-30-48(65(34-56(58,59)60)35-57(61,62)63)44(36-11-17-39(18-12-36)64-25-27-68-28-26-64)29-46(45)51-43(50(49)54)23-24-55(69-51,37-13-19-40(66-5)20-14-37)38-15-21-41(67-6)22-16-38/h7-24,29-30H,25-28,31-35H2,1-6H3. The molecule has 1 saturated carbocycles. The molecule has 1 spiro atoms. The average Bonchev–Trinajstić information content (AvgIpc) is 3.57. The molecule has 1 saturated heterocycles. The van der Waals surface area contributed by atoms with Crippen molar-refractivity contribution in [2.24, 2.45) is 10.8 Å². The van der Waals surface area contributed by atoms with E-state index in [1.54, 1.807) is 38.5 Å². The molecule has 2 aliphatic carbocycles. The lowest BCUT2D eigenvalue weighted by atomic mass is 9.52. The molecule has 0 bridgehead atoms. The first-order valence-corrected chi connectivity index (χ1v) is 23.5. The Balaban J connectivity index is 1.33. The predicted molar refractivity (Wildman–Crippen MR) is 261 cm³/mol. The van der Waals surface area contributed by atoms with Crippen molar-refractivity contribution in [3.63, 3.8) is 0 Å². The molecule has 0 unspecified atom stereocenters. The summed E-state index contributed by atoms with van der Waals surface area (Å²) in [7, 11) is 3.20. The van der Waals surface area contributed by atoms with Crippen molar-refractivity contribution in [3.8, 4) is 39.5 Å². The Labute approximate surface area is 399 Å². The number of ether oxygens (including phenoxy) is 4. The maximum Gasteiger partial charge on any atom is 0.405 e. The van der Waals surface area contributed by atoms with E-state index in [0.29, 0.717) is 64.8 Å². The topological polar surface area (TPSA) is 43.4 Å². The van der Waals surface area contributed by atoms with Gasteiger partial charge in [-0.25, -0.2) is 0 Å². The zero-order valence-electron chi connectivity index (χ0n) is 39.7. The molecule has 0 atom stereocenters. The van der Waals surface area contributed by atoms with Crippen LogP contribution in [0.1, 0.15) is 74.8 Å². The lowest BCUT2D eigenvalue weighted by molar-refractivity contribution is -0.137. The van der Waals surface area contributed by atoms with Crippen molar-refractivity contribution in [1.82, 2.24) is 0 Å². The number of fused-ring (bicyclic) bond motifs is 10. The van der Waals surface area contributed by atoms with Crippen LogP contribution in [0.5, 0.6) is 17.2 Å². The molecule has 4 aliphatic rings. The second-order valence-corrected chi connectivity index (χ2v) is 20.8. The molecule has 360 valence electrons. The minimum Gasteiger partial charge on any atom is -0.497 e. The Hall–Kier alpha value is -6.14. The number of anilines is 2. The zero-order chi connectivity index (χ0) is 48.7. The highest BCUT2D eigenvalue weighted by molar-refractivity contribution is 6.12. The van der Waals surface area contributed by atoms with E-state index in [9.17, 15) is 26.3 Å². The van der Waals surface area contributed by atoms with Gasteiger partial charge in [0, 0.05) is 57.5 Å². The number of hydrogen-bond donors (Lipinski definition) is 0. The van der Waals surface area contributed by atoms with Crippen molar-refractivity contribution >= 4 is 28.2 Å². The Morgan fingerprint density at radius 3 is 1.77 bits per heavy atom. The maximum absolute atomic E-state index is 14.7. The Morgan fingerprint density at radius 2 is 1.22 bits per heavy atom. The van der Waals surface area contributed by atoms with Crippen molar-refractivity contribution < 1.29 is 45.3 Å². The fourth-order valence-corrected chi connectivity index (χ4v) is 12.7. The lowest BCUT2D eigenvalue weighted by Crippen LogP contribution is -2.44. The maximum atomic E-state index is 14.7. The van der Waals surface area contributed by atoms with Crippen LogP contribution in [0.15, 0.2) is 115 Å². The van der Waals surface area contributed by atoms with Gasteiger partial charge in [-0.1, -0.05) is 94.4 Å². The number of rotatable bonds is 9. The summed E-state index contributed by atoms with van der Waals surface area (Å²) in [6.45, 7) is 7.89. The van der Waals surface area contributed by atoms with Crippen LogP contribution in [0.4, 0.5) is 37.7 Å². The molecule has 10 rings (SSSR count). The second kappa shape index (κ2) is 16.8. The van der Waals surface area contributed by atoms with Gasteiger partial charge in [-0.15, -0.1) is 0 Å². The van der Waals surface area contributed by atoms with Gasteiger partial charge in [0.05, 0.1) is 27.4 Å². The molecule has 12 heteroatoms. The zero-order valence-corrected chi connectivity index (χ0v) is 39.7. The number of benzene rings is 6. The molecular formula is C57H56F6N2O4. The van der Waals surface area contributed by atoms with Crippen molar-refractivity contribution in [3.05, 3.63) is 143 Å². The molecule has 6 nitrogen and oxygen atoms in total. The summed E-state index contributed by atoms with van der Waals surface area (Å²) < 4.78 is 113. The van der Waals surface area contributed by atoms with E-state index in [1.165, 1.54) is 0 Å². The van der Waals surface area contributed by atoms with Crippen LogP contribution in [0.3, 0.4) is 0 Å². The highest BCUT2D eigenvalue weighted by Crippen LogP contribution is 2.67. The first-order chi connectivity index (χ1) is 32.7. The quantitative estimate of drug-likeness (QED) is 0.135. The molecule has 0 aromatic heterocycles. The fourth-order valence-electron chi connectivity index (χ4n) is 12.7. The van der Waals surface area contributed by atoms with E-state index in [4.69, 9.17) is 18.9 Å². The van der Waals surface area contributed by atoms with E-state index in [2.05, 4.69) is 56.9 Å². The van der Waals surface area contributed by atoms with Crippen molar-refractivity contribution in [2.45, 2.75) is 70.3 Å². The van der Waals surface area contributed by atoms with Gasteiger partial charge in [-0.05, 0) is 118 Å². The lowest BCUT2D eigenvalue weighted by Gasteiger charge is -2.52. The molecule has 2 heterocycles. The third kappa shape index (κ3) is 8.46. The minimum absolute atomic E-state index is 0.147. The molecule has 0 radical (unpaired) electrons. The van der Waals surface area contributed by atoms with Gasteiger partial charge in [-0.3, -0.25) is 0 Å². The number of morpholine rings is 1. The molecular weight excluding hydrogens is 891 g/mol. The highest BCUT2D eigenvalue weighted by Gasteiger charge is 2.56. The van der Waals surface area contributed by atoms with Crippen LogP contribution in [-0.4, -0.2) is 66.0 Å². The molecule has 2 fully saturated rings. The number of alkyl halides is 6. The van der Waals surface area contributed by atoms with E-state index in [1.807, 2.05) is 72.8 Å². The number of nitrogens with zero attached hydrogens (tertiary/aromatic N) is 2. The Morgan fingerprint density at radius 1 is 0.652 bits per heavy atom. The van der Waals surface area contributed by atoms with E-state index in [0.717, 1.165) is 63.9 Å². The Kier molecular flexibility index (Phi) is 11.3. The van der Waals surface area contributed by atoms with Crippen molar-refractivity contribution in [2.75, 3.05) is 63.4 Å². The SMILES string of the molecule is COc1ccc(C2(c3ccc(OC)cc3)C=Cc3c4c(c5cc(N(CC(F)(F)F)CC(F)(F)F)c(-c6ccc(N7CCOCC7)cc6)cc5c3O2)-c2ccccc2C42CC(C)(C)CC(C)(C)C2)cc1. The molecule has 0 N–H and O–H groups in total. The van der Waals surface area contributed by atoms with Crippen LogP contribution >= 0.6 is 0 Å². The van der Waals surface area contributed by atoms with E-state index >= 15 is 0 Å². The van der Waals surface area contributed by atoms with Gasteiger partial charge in [0.2, 0.25) is 0 Å². The molecule has 2 aliphatic heterocycles. The average molecular weight is 947 g/mol. The van der Waals surface area contributed by atoms with Gasteiger partial charge in [0.15, 0.2) is 5.60 Å². The summed E-state index contributed by atoms with van der Waals surface area (Å²) in [6.07, 6.45) is -3.23. The third-order valence-electron chi connectivity index (χ3n) is 14.5. The molecule has 6 aromatic carbocycles. The summed E-state index contributed by atoms with van der Waals surface area (Å²) in [6, 6.07) is 34.1. The normalized spacial score (nSPS) is 18.6. The molecule has 6 aromatic rings. The second-order valence-electron chi connectivity index (χ2n) is 20.8. The number of halogens is 6. The van der Waals surface area contributed by atoms with Crippen LogP contribution in [-0.2, 0) is 15.8 Å². The van der Waals surface area contributed by atoms with Crippen LogP contribution in [0.25, 0.3) is 39.1 Å². The van der Waals surface area contributed by atoms with Crippen LogP contribution in [0, 0.1) is 10.8 Å². The summed E-state index contributed by atoms with van der Waals surface area (Å²) in [5, 5.41) is 1.08. The molecule has 0 amide bonds. The van der Waals surface area contributed by atoms with Gasteiger partial charge in [0.25, 0.3) is 0 Å². The smallest absolute Gasteiger partial charge is 0.405 e. The molecule has 69 heavy (non-hydrogen) atoms. The number of hydrogen-bond acceptors (Lipinski definition) is 6. The monoisotopic (exact) mass is 946 g/mol. The third-order valence-corrected chi connectivity index (χ3v) is 14.5. The van der Waals surface area contributed by atoms with Gasteiger partial charge < -0.3 is 28.7 Å². The summed E-state index contributed by atoms with van der Waals surface area (Å²) >= 11 is 0. The van der Waals surface area contributed by atoms with E-state index < -0.39 is 36.5 Å². The van der Waals surface area contributed by atoms with E-state index in [-0.39, 0.29) is 22.1 Å². The summed E-state index contributed by atoms with van der Waals surface area (Å²) in [5.41, 5.74) is 5.42. The first kappa shape index (κ1) is 46.6. The van der Waals surface area contributed by atoms with Crippen LogP contribution < -0.4 is 24.0 Å². The summed E-state index contributed by atoms with van der Waals surface area (Å²) in [4.78, 5) is 2.59. The fraction of sp³-hybridized carbons (Fsp3) is 0.368. The van der Waals surface area contributed by atoms with Crippen LogP contribution in [0.2, 0.25) is 0 Å². The largest absolute Gasteiger partial charge is 0.497 e. The minimum atomic E-state index is -4.96. The number of methoxy groups -OCH3 is 2. The van der Waals surface area contributed by atoms with Gasteiger partial charge in [-0.2, -0.15) is 26.3 Å². The first-order valence-electron chi connectivity index (χ1n) is 23.5. The van der Waals surface area contributed by atoms with Crippen molar-refractivity contribution in [1.29, 1.82) is 0 Å². The highest BCUT2D eigenvalue weighted by atomic mass is 19.4.